The molecule has 0 saturated carbocycles. The van der Waals surface area contributed by atoms with Crippen LogP contribution >= 0.6 is 0 Å². The molecule has 0 unspecified atom stereocenters. The zero-order valence-electron chi connectivity index (χ0n) is 13.4. The molecule has 0 saturated heterocycles. The van der Waals surface area contributed by atoms with Gasteiger partial charge in [-0.1, -0.05) is 43.3 Å². The van der Waals surface area contributed by atoms with E-state index in [-0.39, 0.29) is 11.5 Å². The zero-order chi connectivity index (χ0) is 16.9. The number of para-hydroxylation sites is 2. The van der Waals surface area contributed by atoms with E-state index >= 15 is 0 Å². The van der Waals surface area contributed by atoms with Gasteiger partial charge < -0.3 is 10.3 Å². The van der Waals surface area contributed by atoms with E-state index in [1.165, 1.54) is 12.2 Å². The number of fused-ring (bicyclic) bond motifs is 1. The number of H-pyrrole nitrogens is 1. The van der Waals surface area contributed by atoms with Crippen LogP contribution in [0.15, 0.2) is 65.5 Å². The van der Waals surface area contributed by atoms with Crippen molar-refractivity contribution in [2.24, 2.45) is 0 Å². The topological polar surface area (TPSA) is 62.0 Å². The summed E-state index contributed by atoms with van der Waals surface area (Å²) in [5, 5.41) is 3.77. The van der Waals surface area contributed by atoms with Crippen LogP contribution in [-0.2, 0) is 11.2 Å². The molecule has 1 amide bonds. The van der Waals surface area contributed by atoms with E-state index in [1.54, 1.807) is 6.07 Å². The van der Waals surface area contributed by atoms with Crippen LogP contribution in [0.1, 0.15) is 18.1 Å². The second-order valence-corrected chi connectivity index (χ2v) is 5.47. The molecule has 4 nitrogen and oxygen atoms in total. The van der Waals surface area contributed by atoms with Crippen molar-refractivity contribution in [2.45, 2.75) is 13.3 Å². The van der Waals surface area contributed by atoms with Gasteiger partial charge >= 0.3 is 0 Å². The number of carbonyl (C=O) groups excluding carboxylic acids is 1. The predicted octanol–water partition coefficient (Wildman–Crippen LogP) is 3.74. The van der Waals surface area contributed by atoms with Crippen molar-refractivity contribution >= 4 is 28.6 Å². The number of anilines is 1. The van der Waals surface area contributed by atoms with Crippen molar-refractivity contribution in [3.05, 3.63) is 82.2 Å². The molecule has 1 heterocycles. The van der Waals surface area contributed by atoms with Crippen LogP contribution in [0.3, 0.4) is 0 Å². The Morgan fingerprint density at radius 3 is 2.71 bits per heavy atom. The molecule has 0 bridgehead atoms. The molecule has 1 aromatic heterocycles. The van der Waals surface area contributed by atoms with E-state index in [0.717, 1.165) is 28.6 Å². The minimum Gasteiger partial charge on any atom is -0.322 e. The number of aromatic amines is 1. The molecule has 0 aliphatic carbocycles. The van der Waals surface area contributed by atoms with Gasteiger partial charge in [-0.2, -0.15) is 0 Å². The zero-order valence-corrected chi connectivity index (χ0v) is 13.4. The fraction of sp³-hybridized carbons (Fsp3) is 0.100. The molecule has 120 valence electrons. The average Bonchev–Trinajstić information content (AvgIpc) is 2.60. The molecule has 0 aliphatic rings. The van der Waals surface area contributed by atoms with Gasteiger partial charge in [-0.3, -0.25) is 9.59 Å². The highest BCUT2D eigenvalue weighted by Crippen LogP contribution is 2.15. The highest BCUT2D eigenvalue weighted by Gasteiger charge is 2.04. The van der Waals surface area contributed by atoms with E-state index in [0.29, 0.717) is 5.56 Å². The fourth-order valence-corrected chi connectivity index (χ4v) is 2.58. The minimum absolute atomic E-state index is 0.216. The minimum atomic E-state index is -0.261. The van der Waals surface area contributed by atoms with Crippen LogP contribution in [0.2, 0.25) is 0 Å². The highest BCUT2D eigenvalue weighted by molar-refractivity contribution is 6.02. The van der Waals surface area contributed by atoms with Crippen molar-refractivity contribution in [2.75, 3.05) is 5.32 Å². The second-order valence-electron chi connectivity index (χ2n) is 5.47. The first kappa shape index (κ1) is 15.7. The van der Waals surface area contributed by atoms with Crippen molar-refractivity contribution in [1.82, 2.24) is 4.98 Å². The SMILES string of the molecule is CCc1ccccc1NC(=O)/C=C/c1cc2ccccc2[nH]c1=O. The van der Waals surface area contributed by atoms with Crippen molar-refractivity contribution in [3.8, 4) is 0 Å². The number of aromatic nitrogens is 1. The Morgan fingerprint density at radius 1 is 1.12 bits per heavy atom. The first-order valence-corrected chi connectivity index (χ1v) is 7.86. The lowest BCUT2D eigenvalue weighted by atomic mass is 10.1. The number of amides is 1. The quantitative estimate of drug-likeness (QED) is 0.720. The number of benzene rings is 2. The Hall–Kier alpha value is -3.14. The van der Waals surface area contributed by atoms with Gasteiger partial charge in [-0.05, 0) is 41.6 Å². The standard InChI is InChI=1S/C20H18N2O2/c1-2-14-7-3-5-9-17(14)21-19(23)12-11-16-13-15-8-4-6-10-18(15)22-20(16)24/h3-13H,2H2,1H3,(H,21,23)(H,22,24)/b12-11+. The summed E-state index contributed by atoms with van der Waals surface area (Å²) in [5.74, 6) is -0.261. The summed E-state index contributed by atoms with van der Waals surface area (Å²) >= 11 is 0. The molecule has 0 aliphatic heterocycles. The lowest BCUT2D eigenvalue weighted by Gasteiger charge is -2.07. The summed E-state index contributed by atoms with van der Waals surface area (Å²) < 4.78 is 0. The van der Waals surface area contributed by atoms with Crippen molar-refractivity contribution < 1.29 is 4.79 Å². The molecule has 24 heavy (non-hydrogen) atoms. The lowest BCUT2D eigenvalue weighted by molar-refractivity contribution is -0.111. The molecule has 4 heteroatoms. The lowest BCUT2D eigenvalue weighted by Crippen LogP contribution is -2.11. The monoisotopic (exact) mass is 318 g/mol. The molecule has 2 aromatic carbocycles. The summed E-state index contributed by atoms with van der Waals surface area (Å²) in [6.07, 6.45) is 3.76. The van der Waals surface area contributed by atoms with E-state index in [9.17, 15) is 9.59 Å². The molecule has 3 aromatic rings. The Morgan fingerprint density at radius 2 is 1.88 bits per heavy atom. The number of hydrogen-bond acceptors (Lipinski definition) is 2. The first-order valence-electron chi connectivity index (χ1n) is 7.86. The van der Waals surface area contributed by atoms with Crippen molar-refractivity contribution in [1.29, 1.82) is 0 Å². The summed E-state index contributed by atoms with van der Waals surface area (Å²) in [7, 11) is 0. The summed E-state index contributed by atoms with van der Waals surface area (Å²) in [4.78, 5) is 27.0. The summed E-state index contributed by atoms with van der Waals surface area (Å²) in [6, 6.07) is 17.0. The molecule has 0 spiro atoms. The third-order valence-electron chi connectivity index (χ3n) is 3.85. The fourth-order valence-electron chi connectivity index (χ4n) is 2.58. The Bertz CT molecular complexity index is 971. The highest BCUT2D eigenvalue weighted by atomic mass is 16.1. The Kier molecular flexibility index (Phi) is 4.57. The van der Waals surface area contributed by atoms with E-state index < -0.39 is 0 Å². The van der Waals surface area contributed by atoms with Gasteiger partial charge in [0, 0.05) is 22.8 Å². The number of rotatable bonds is 4. The normalized spacial score (nSPS) is 11.0. The van der Waals surface area contributed by atoms with Gasteiger partial charge in [0.25, 0.3) is 5.56 Å². The van der Waals surface area contributed by atoms with Gasteiger partial charge in [0.05, 0.1) is 0 Å². The smallest absolute Gasteiger partial charge is 0.255 e. The number of carbonyl (C=O) groups is 1. The van der Waals surface area contributed by atoms with Crippen LogP contribution in [0, 0.1) is 0 Å². The Labute approximate surface area is 139 Å². The first-order chi connectivity index (χ1) is 11.7. The van der Waals surface area contributed by atoms with Crippen LogP contribution in [0.5, 0.6) is 0 Å². The molecule has 0 fully saturated rings. The maximum Gasteiger partial charge on any atom is 0.255 e. The maximum absolute atomic E-state index is 12.1. The van der Waals surface area contributed by atoms with Gasteiger partial charge in [0.2, 0.25) is 5.91 Å². The average molecular weight is 318 g/mol. The maximum atomic E-state index is 12.1. The van der Waals surface area contributed by atoms with Crippen LogP contribution < -0.4 is 10.9 Å². The van der Waals surface area contributed by atoms with Gasteiger partial charge in [0.15, 0.2) is 0 Å². The van der Waals surface area contributed by atoms with Gasteiger partial charge in [-0.25, -0.2) is 0 Å². The molecule has 2 N–H and O–H groups in total. The largest absolute Gasteiger partial charge is 0.322 e. The molecular weight excluding hydrogens is 300 g/mol. The number of hydrogen-bond donors (Lipinski definition) is 2. The van der Waals surface area contributed by atoms with E-state index in [2.05, 4.69) is 10.3 Å². The number of pyridine rings is 1. The van der Waals surface area contributed by atoms with Gasteiger partial charge in [0.1, 0.15) is 0 Å². The molecular formula is C20H18N2O2. The van der Waals surface area contributed by atoms with E-state index in [4.69, 9.17) is 0 Å². The summed E-state index contributed by atoms with van der Waals surface area (Å²) in [5.41, 5.74) is 2.88. The van der Waals surface area contributed by atoms with Crippen molar-refractivity contribution in [3.63, 3.8) is 0 Å². The van der Waals surface area contributed by atoms with E-state index in [1.807, 2.05) is 55.5 Å². The predicted molar refractivity (Wildman–Crippen MR) is 98.1 cm³/mol. The van der Waals surface area contributed by atoms with Crippen LogP contribution in [0.25, 0.3) is 17.0 Å². The third-order valence-corrected chi connectivity index (χ3v) is 3.85. The summed E-state index contributed by atoms with van der Waals surface area (Å²) in [6.45, 7) is 2.04. The van der Waals surface area contributed by atoms with Crippen LogP contribution in [-0.4, -0.2) is 10.9 Å². The molecule has 0 atom stereocenters. The second kappa shape index (κ2) is 6.96. The molecule has 0 radical (unpaired) electrons. The number of aryl methyl sites for hydroxylation is 1. The van der Waals surface area contributed by atoms with Gasteiger partial charge in [-0.15, -0.1) is 0 Å². The molecule has 3 rings (SSSR count). The van der Waals surface area contributed by atoms with Crippen LogP contribution in [0.4, 0.5) is 5.69 Å². The number of nitrogens with one attached hydrogen (secondary N) is 2. The Balaban J connectivity index is 1.81. The third kappa shape index (κ3) is 3.43.